The number of rotatable bonds is 2. The highest BCUT2D eigenvalue weighted by molar-refractivity contribution is 9.10. The lowest BCUT2D eigenvalue weighted by molar-refractivity contribution is 0.373. The van der Waals surface area contributed by atoms with Gasteiger partial charge >= 0.3 is 0 Å². The molecular weight excluding hydrogens is 245 g/mol. The first-order valence-electron chi connectivity index (χ1n) is 4.76. The first-order chi connectivity index (χ1) is 6.53. The number of hydrogen-bond donors (Lipinski definition) is 1. The van der Waals surface area contributed by atoms with Gasteiger partial charge < -0.3 is 5.73 Å². The summed E-state index contributed by atoms with van der Waals surface area (Å²) < 4.78 is 13.9. The van der Waals surface area contributed by atoms with Crippen LogP contribution in [0.2, 0.25) is 0 Å². The largest absolute Gasteiger partial charge is 0.321 e. The van der Waals surface area contributed by atoms with Gasteiger partial charge in [0.05, 0.1) is 0 Å². The van der Waals surface area contributed by atoms with Crippen molar-refractivity contribution in [2.45, 2.75) is 31.5 Å². The minimum absolute atomic E-state index is 0.138. The predicted molar refractivity (Wildman–Crippen MR) is 58.8 cm³/mol. The Hall–Kier alpha value is -0.410. The molecule has 0 bridgehead atoms. The Bertz CT molecular complexity index is 358. The van der Waals surface area contributed by atoms with Crippen molar-refractivity contribution < 1.29 is 4.39 Å². The van der Waals surface area contributed by atoms with Crippen molar-refractivity contribution >= 4 is 15.9 Å². The fourth-order valence-electron chi connectivity index (χ4n) is 1.58. The number of nitrogens with two attached hydrogens (primary N) is 1. The quantitative estimate of drug-likeness (QED) is 0.864. The molecule has 0 aromatic heterocycles. The zero-order valence-corrected chi connectivity index (χ0v) is 9.64. The number of hydrogen-bond acceptors (Lipinski definition) is 1. The molecule has 1 atom stereocenters. The second kappa shape index (κ2) is 3.31. The van der Waals surface area contributed by atoms with Crippen LogP contribution < -0.4 is 5.73 Å². The third-order valence-electron chi connectivity index (χ3n) is 2.79. The van der Waals surface area contributed by atoms with Crippen molar-refractivity contribution in [2.75, 3.05) is 0 Å². The Morgan fingerprint density at radius 2 is 2.14 bits per heavy atom. The van der Waals surface area contributed by atoms with Crippen LogP contribution >= 0.6 is 15.9 Å². The zero-order chi connectivity index (χ0) is 10.3. The highest BCUT2D eigenvalue weighted by atomic mass is 79.9. The van der Waals surface area contributed by atoms with E-state index in [-0.39, 0.29) is 5.54 Å². The summed E-state index contributed by atoms with van der Waals surface area (Å²) in [5.74, 6) is 0. The minimum Gasteiger partial charge on any atom is -0.321 e. The van der Waals surface area contributed by atoms with Gasteiger partial charge in [0.1, 0.15) is 6.17 Å². The Morgan fingerprint density at radius 1 is 1.50 bits per heavy atom. The van der Waals surface area contributed by atoms with E-state index in [1.54, 1.807) is 0 Å². The molecule has 76 valence electrons. The fourth-order valence-corrected chi connectivity index (χ4v) is 2.28. The third kappa shape index (κ3) is 1.71. The summed E-state index contributed by atoms with van der Waals surface area (Å²) in [7, 11) is 0. The lowest BCUT2D eigenvalue weighted by Gasteiger charge is -2.12. The molecule has 1 aliphatic carbocycles. The van der Waals surface area contributed by atoms with Gasteiger partial charge in [-0.2, -0.15) is 0 Å². The van der Waals surface area contributed by atoms with Gasteiger partial charge in [0.2, 0.25) is 0 Å². The van der Waals surface area contributed by atoms with E-state index in [9.17, 15) is 4.39 Å². The van der Waals surface area contributed by atoms with E-state index in [0.29, 0.717) is 5.56 Å². The molecule has 1 aromatic carbocycles. The Labute approximate surface area is 91.6 Å². The molecule has 0 heterocycles. The molecule has 0 radical (unpaired) electrons. The van der Waals surface area contributed by atoms with Gasteiger partial charge in [-0.1, -0.05) is 28.1 Å². The van der Waals surface area contributed by atoms with E-state index >= 15 is 0 Å². The summed E-state index contributed by atoms with van der Waals surface area (Å²) in [5.41, 5.74) is 7.71. The van der Waals surface area contributed by atoms with Crippen molar-refractivity contribution in [3.05, 3.63) is 33.8 Å². The van der Waals surface area contributed by atoms with Crippen LogP contribution in [0.4, 0.5) is 4.39 Å². The average Bonchev–Trinajstić information content (AvgIpc) is 2.84. The van der Waals surface area contributed by atoms with Crippen LogP contribution in [-0.2, 0) is 5.54 Å². The van der Waals surface area contributed by atoms with E-state index < -0.39 is 6.17 Å². The van der Waals surface area contributed by atoms with E-state index in [4.69, 9.17) is 5.73 Å². The minimum atomic E-state index is -0.939. The fraction of sp³-hybridized carbons (Fsp3) is 0.455. The van der Waals surface area contributed by atoms with Gasteiger partial charge in [-0.15, -0.1) is 0 Å². The average molecular weight is 258 g/mol. The second-order valence-corrected chi connectivity index (χ2v) is 4.86. The molecule has 0 amide bonds. The lowest BCUT2D eigenvalue weighted by atomic mass is 10.0. The molecule has 0 saturated heterocycles. The summed E-state index contributed by atoms with van der Waals surface area (Å²) in [6.45, 7) is 1.54. The summed E-state index contributed by atoms with van der Waals surface area (Å²) >= 11 is 3.37. The van der Waals surface area contributed by atoms with Crippen molar-refractivity contribution in [3.8, 4) is 0 Å². The van der Waals surface area contributed by atoms with Gasteiger partial charge in [0.25, 0.3) is 0 Å². The third-order valence-corrected chi connectivity index (χ3v) is 3.48. The van der Waals surface area contributed by atoms with Gasteiger partial charge in [-0.25, -0.2) is 4.39 Å². The summed E-state index contributed by atoms with van der Waals surface area (Å²) in [5, 5.41) is 0. The van der Waals surface area contributed by atoms with Gasteiger partial charge in [0.15, 0.2) is 0 Å². The molecular formula is C11H13BrFN. The smallest absolute Gasteiger partial charge is 0.123 e. The molecule has 3 heteroatoms. The maximum absolute atomic E-state index is 13.1. The Morgan fingerprint density at radius 3 is 2.57 bits per heavy atom. The summed E-state index contributed by atoms with van der Waals surface area (Å²) in [6, 6.07) is 5.69. The first-order valence-corrected chi connectivity index (χ1v) is 5.55. The SMILES string of the molecule is CC(F)c1ccc(C2(N)CC2)cc1Br. The molecule has 0 spiro atoms. The highest BCUT2D eigenvalue weighted by Crippen LogP contribution is 2.44. The molecule has 2 N–H and O–H groups in total. The zero-order valence-electron chi connectivity index (χ0n) is 8.06. The monoisotopic (exact) mass is 257 g/mol. The summed E-state index contributed by atoms with van der Waals surface area (Å²) in [6.07, 6.45) is 1.12. The van der Waals surface area contributed by atoms with Gasteiger partial charge in [-0.3, -0.25) is 0 Å². The first kappa shape index (κ1) is 10.1. The van der Waals surface area contributed by atoms with E-state index in [2.05, 4.69) is 15.9 Å². The molecule has 1 nitrogen and oxygen atoms in total. The van der Waals surface area contributed by atoms with Gasteiger partial charge in [0, 0.05) is 10.0 Å². The maximum Gasteiger partial charge on any atom is 0.123 e. The molecule has 1 aromatic rings. The molecule has 1 unspecified atom stereocenters. The van der Waals surface area contributed by atoms with Crippen molar-refractivity contribution in [1.29, 1.82) is 0 Å². The predicted octanol–water partition coefficient (Wildman–Crippen LogP) is 3.43. The van der Waals surface area contributed by atoms with Crippen LogP contribution in [0.1, 0.15) is 37.1 Å². The normalized spacial score (nSPS) is 20.6. The van der Waals surface area contributed by atoms with E-state index in [0.717, 1.165) is 22.9 Å². The topological polar surface area (TPSA) is 26.0 Å². The molecule has 14 heavy (non-hydrogen) atoms. The van der Waals surface area contributed by atoms with Crippen molar-refractivity contribution in [2.24, 2.45) is 5.73 Å². The van der Waals surface area contributed by atoms with Gasteiger partial charge in [-0.05, 0) is 37.0 Å². The number of halogens is 2. The van der Waals surface area contributed by atoms with Crippen LogP contribution in [-0.4, -0.2) is 0 Å². The van der Waals surface area contributed by atoms with Crippen LogP contribution in [0.15, 0.2) is 22.7 Å². The maximum atomic E-state index is 13.1. The molecule has 1 fully saturated rings. The Balaban J connectivity index is 2.36. The molecule has 0 aliphatic heterocycles. The standard InChI is InChI=1S/C11H13BrFN/c1-7(13)9-3-2-8(6-10(9)12)11(14)4-5-11/h2-3,6-7H,4-5,14H2,1H3. The van der Waals surface area contributed by atoms with Crippen LogP contribution in [0.5, 0.6) is 0 Å². The van der Waals surface area contributed by atoms with Crippen LogP contribution in [0.25, 0.3) is 0 Å². The second-order valence-electron chi connectivity index (χ2n) is 4.01. The molecule has 2 rings (SSSR count). The summed E-state index contributed by atoms with van der Waals surface area (Å²) in [4.78, 5) is 0. The van der Waals surface area contributed by atoms with E-state index in [1.807, 2.05) is 18.2 Å². The number of alkyl halides is 1. The molecule has 1 aliphatic rings. The Kier molecular flexibility index (Phi) is 2.40. The number of benzene rings is 1. The van der Waals surface area contributed by atoms with Crippen LogP contribution in [0.3, 0.4) is 0 Å². The molecule has 1 saturated carbocycles. The van der Waals surface area contributed by atoms with Crippen molar-refractivity contribution in [1.82, 2.24) is 0 Å². The van der Waals surface area contributed by atoms with Crippen LogP contribution in [0, 0.1) is 0 Å². The van der Waals surface area contributed by atoms with E-state index in [1.165, 1.54) is 6.92 Å². The lowest BCUT2D eigenvalue weighted by Crippen LogP contribution is -2.18. The van der Waals surface area contributed by atoms with Crippen molar-refractivity contribution in [3.63, 3.8) is 0 Å². The highest BCUT2D eigenvalue weighted by Gasteiger charge is 2.40.